The standard InChI is InChI=1S/C11H10F3NO4/c12-11(13,14)19-8-3-1-2-7(4-8)9(15-6-16)5-10(17)18/h1-4,6,9H,5H2,(H,15,16)(H,17,18)/t9-/m0/s1. The van der Waals surface area contributed by atoms with Gasteiger partial charge in [0.2, 0.25) is 6.41 Å². The van der Waals surface area contributed by atoms with E-state index in [0.717, 1.165) is 12.1 Å². The molecule has 0 saturated heterocycles. The number of hydrogen-bond acceptors (Lipinski definition) is 3. The van der Waals surface area contributed by atoms with E-state index in [-0.39, 0.29) is 12.0 Å². The lowest BCUT2D eigenvalue weighted by molar-refractivity contribution is -0.274. The van der Waals surface area contributed by atoms with Crippen LogP contribution in [0.5, 0.6) is 5.75 Å². The van der Waals surface area contributed by atoms with Gasteiger partial charge >= 0.3 is 12.3 Å². The number of ether oxygens (including phenoxy) is 1. The highest BCUT2D eigenvalue weighted by atomic mass is 19.4. The second-order valence-corrected chi connectivity index (χ2v) is 3.56. The highest BCUT2D eigenvalue weighted by molar-refractivity contribution is 5.68. The molecular formula is C11H10F3NO4. The van der Waals surface area contributed by atoms with Crippen molar-refractivity contribution in [1.82, 2.24) is 5.32 Å². The smallest absolute Gasteiger partial charge is 0.481 e. The average Bonchev–Trinajstić information content (AvgIpc) is 2.26. The molecule has 1 atom stereocenters. The van der Waals surface area contributed by atoms with Gasteiger partial charge in [-0.1, -0.05) is 12.1 Å². The summed E-state index contributed by atoms with van der Waals surface area (Å²) < 4.78 is 39.8. The Balaban J connectivity index is 2.94. The Kier molecular flexibility index (Phi) is 4.74. The number of nitrogens with one attached hydrogen (secondary N) is 1. The lowest BCUT2D eigenvalue weighted by Crippen LogP contribution is -2.23. The summed E-state index contributed by atoms with van der Waals surface area (Å²) >= 11 is 0. The van der Waals surface area contributed by atoms with E-state index in [1.54, 1.807) is 0 Å². The summed E-state index contributed by atoms with van der Waals surface area (Å²) in [5.74, 6) is -1.67. The van der Waals surface area contributed by atoms with Crippen LogP contribution < -0.4 is 10.1 Å². The number of halogens is 3. The Morgan fingerprint density at radius 3 is 2.68 bits per heavy atom. The molecule has 0 unspecified atom stereocenters. The first kappa shape index (κ1) is 14.8. The Morgan fingerprint density at radius 1 is 1.47 bits per heavy atom. The molecule has 1 aromatic rings. The molecule has 0 aliphatic heterocycles. The van der Waals surface area contributed by atoms with Crippen molar-refractivity contribution in [3.63, 3.8) is 0 Å². The molecule has 1 aromatic carbocycles. The molecule has 0 aliphatic carbocycles. The lowest BCUT2D eigenvalue weighted by Gasteiger charge is -2.16. The van der Waals surface area contributed by atoms with E-state index in [1.165, 1.54) is 12.1 Å². The summed E-state index contributed by atoms with van der Waals surface area (Å²) in [7, 11) is 0. The molecule has 0 bridgehead atoms. The van der Waals surface area contributed by atoms with Crippen LogP contribution in [0.3, 0.4) is 0 Å². The molecule has 1 rings (SSSR count). The molecule has 0 aromatic heterocycles. The van der Waals surface area contributed by atoms with Gasteiger partial charge in [0.15, 0.2) is 0 Å². The van der Waals surface area contributed by atoms with Crippen molar-refractivity contribution in [2.75, 3.05) is 0 Å². The minimum absolute atomic E-state index is 0.205. The predicted octanol–water partition coefficient (Wildman–Crippen LogP) is 1.85. The Labute approximate surface area is 106 Å². The van der Waals surface area contributed by atoms with Gasteiger partial charge in [-0.15, -0.1) is 13.2 Å². The van der Waals surface area contributed by atoms with Crippen molar-refractivity contribution in [2.24, 2.45) is 0 Å². The summed E-state index contributed by atoms with van der Waals surface area (Å²) in [6.45, 7) is 0. The van der Waals surface area contributed by atoms with Gasteiger partial charge < -0.3 is 15.2 Å². The topological polar surface area (TPSA) is 75.6 Å². The number of hydrogen-bond donors (Lipinski definition) is 2. The van der Waals surface area contributed by atoms with Crippen molar-refractivity contribution in [3.05, 3.63) is 29.8 Å². The highest BCUT2D eigenvalue weighted by Gasteiger charge is 2.31. The molecule has 5 nitrogen and oxygen atoms in total. The van der Waals surface area contributed by atoms with Crippen molar-refractivity contribution in [2.45, 2.75) is 18.8 Å². The van der Waals surface area contributed by atoms with Gasteiger partial charge in [-0.05, 0) is 17.7 Å². The molecule has 0 saturated carbocycles. The van der Waals surface area contributed by atoms with E-state index >= 15 is 0 Å². The lowest BCUT2D eigenvalue weighted by atomic mass is 10.0. The van der Waals surface area contributed by atoms with Gasteiger partial charge in [0, 0.05) is 0 Å². The molecule has 1 amide bonds. The van der Waals surface area contributed by atoms with Crippen LogP contribution in [0.25, 0.3) is 0 Å². The molecule has 0 fully saturated rings. The first-order valence-electron chi connectivity index (χ1n) is 5.09. The zero-order valence-electron chi connectivity index (χ0n) is 9.48. The molecule has 0 heterocycles. The minimum Gasteiger partial charge on any atom is -0.481 e. The van der Waals surface area contributed by atoms with Gasteiger partial charge in [0.05, 0.1) is 12.5 Å². The molecular weight excluding hydrogens is 267 g/mol. The van der Waals surface area contributed by atoms with E-state index in [1.807, 2.05) is 0 Å². The van der Waals surface area contributed by atoms with E-state index in [2.05, 4.69) is 10.1 Å². The first-order valence-corrected chi connectivity index (χ1v) is 5.09. The maximum atomic E-state index is 12.0. The second kappa shape index (κ2) is 6.07. The molecule has 19 heavy (non-hydrogen) atoms. The predicted molar refractivity (Wildman–Crippen MR) is 57.3 cm³/mol. The normalized spacial score (nSPS) is 12.6. The number of carbonyl (C=O) groups excluding carboxylic acids is 1. The maximum Gasteiger partial charge on any atom is 0.573 e. The third-order valence-corrected chi connectivity index (χ3v) is 2.14. The number of carbonyl (C=O) groups is 2. The van der Waals surface area contributed by atoms with Crippen LogP contribution in [0.4, 0.5) is 13.2 Å². The number of benzene rings is 1. The van der Waals surface area contributed by atoms with Crippen molar-refractivity contribution >= 4 is 12.4 Å². The van der Waals surface area contributed by atoms with E-state index < -0.39 is 30.5 Å². The van der Waals surface area contributed by atoms with E-state index in [9.17, 15) is 22.8 Å². The fourth-order valence-electron chi connectivity index (χ4n) is 1.46. The Bertz CT molecular complexity index is 461. The first-order chi connectivity index (χ1) is 8.81. The van der Waals surface area contributed by atoms with Crippen LogP contribution >= 0.6 is 0 Å². The number of alkyl halides is 3. The highest BCUT2D eigenvalue weighted by Crippen LogP contribution is 2.26. The van der Waals surface area contributed by atoms with Gasteiger partial charge in [-0.3, -0.25) is 9.59 Å². The van der Waals surface area contributed by atoms with Gasteiger partial charge in [-0.25, -0.2) is 0 Å². The second-order valence-electron chi connectivity index (χ2n) is 3.56. The molecule has 0 spiro atoms. The van der Waals surface area contributed by atoms with Gasteiger partial charge in [0.1, 0.15) is 5.75 Å². The summed E-state index contributed by atoms with van der Waals surface area (Å²) in [6.07, 6.45) is -5.00. The van der Waals surface area contributed by atoms with Gasteiger partial charge in [-0.2, -0.15) is 0 Å². The molecule has 2 N–H and O–H groups in total. The fraction of sp³-hybridized carbons (Fsp3) is 0.273. The third-order valence-electron chi connectivity index (χ3n) is 2.14. The van der Waals surface area contributed by atoms with Crippen molar-refractivity contribution in [1.29, 1.82) is 0 Å². The SMILES string of the molecule is O=CN[C@@H](CC(=O)O)c1cccc(OC(F)(F)F)c1. The Morgan fingerprint density at radius 2 is 2.16 bits per heavy atom. The molecule has 8 heteroatoms. The van der Waals surface area contributed by atoms with Crippen LogP contribution in [-0.4, -0.2) is 23.8 Å². The van der Waals surface area contributed by atoms with Crippen molar-refractivity contribution in [3.8, 4) is 5.75 Å². The number of aliphatic carboxylic acids is 1. The quantitative estimate of drug-likeness (QED) is 0.778. The monoisotopic (exact) mass is 277 g/mol. The largest absolute Gasteiger partial charge is 0.573 e. The van der Waals surface area contributed by atoms with Crippen LogP contribution in [0.15, 0.2) is 24.3 Å². The summed E-state index contributed by atoms with van der Waals surface area (Å²) in [5.41, 5.74) is 0.205. The van der Waals surface area contributed by atoms with E-state index in [0.29, 0.717) is 0 Å². The fourth-order valence-corrected chi connectivity index (χ4v) is 1.46. The molecule has 0 radical (unpaired) electrons. The van der Waals surface area contributed by atoms with Gasteiger partial charge in [0.25, 0.3) is 0 Å². The number of rotatable bonds is 6. The zero-order valence-corrected chi connectivity index (χ0v) is 9.48. The summed E-state index contributed by atoms with van der Waals surface area (Å²) in [6, 6.07) is 3.85. The average molecular weight is 277 g/mol. The summed E-state index contributed by atoms with van der Waals surface area (Å²) in [5, 5.41) is 10.9. The van der Waals surface area contributed by atoms with Crippen LogP contribution in [-0.2, 0) is 9.59 Å². The van der Waals surface area contributed by atoms with Crippen LogP contribution in [0.2, 0.25) is 0 Å². The molecule has 104 valence electrons. The maximum absolute atomic E-state index is 12.0. The third kappa shape index (κ3) is 5.28. The van der Waals surface area contributed by atoms with Crippen molar-refractivity contribution < 1.29 is 32.6 Å². The van der Waals surface area contributed by atoms with Crippen LogP contribution in [0.1, 0.15) is 18.0 Å². The zero-order chi connectivity index (χ0) is 14.5. The van der Waals surface area contributed by atoms with Crippen LogP contribution in [0, 0.1) is 0 Å². The molecule has 0 aliphatic rings. The Hall–Kier alpha value is -2.25. The number of carboxylic acid groups (broad SMARTS) is 1. The number of carboxylic acids is 1. The number of amides is 1. The van der Waals surface area contributed by atoms with E-state index in [4.69, 9.17) is 5.11 Å². The summed E-state index contributed by atoms with van der Waals surface area (Å²) in [4.78, 5) is 21.0. The minimum atomic E-state index is -4.83.